The molecular weight excluding hydrogens is 441 g/mol. The van der Waals surface area contributed by atoms with Crippen molar-refractivity contribution in [2.24, 2.45) is 0 Å². The molecule has 0 aliphatic carbocycles. The van der Waals surface area contributed by atoms with Crippen LogP contribution in [0.15, 0.2) is 66.3 Å². The van der Waals surface area contributed by atoms with Crippen molar-refractivity contribution in [1.82, 2.24) is 20.1 Å². The number of amides is 2. The van der Waals surface area contributed by atoms with Gasteiger partial charge in [0.2, 0.25) is 5.91 Å². The summed E-state index contributed by atoms with van der Waals surface area (Å²) in [5, 5.41) is 14.6. The molecular formula is C24H26FN5O2S. The first-order chi connectivity index (χ1) is 15.9. The summed E-state index contributed by atoms with van der Waals surface area (Å²) in [6.07, 6.45) is 2.50. The Morgan fingerprint density at radius 3 is 2.64 bits per heavy atom. The predicted molar refractivity (Wildman–Crippen MR) is 128 cm³/mol. The first-order valence-electron chi connectivity index (χ1n) is 10.5. The predicted octanol–water partition coefficient (Wildman–Crippen LogP) is 4.39. The molecule has 3 aromatic rings. The van der Waals surface area contributed by atoms with Crippen molar-refractivity contribution in [3.63, 3.8) is 0 Å². The molecule has 2 aromatic carbocycles. The molecule has 2 amide bonds. The Labute approximate surface area is 196 Å². The van der Waals surface area contributed by atoms with Crippen molar-refractivity contribution in [2.75, 3.05) is 11.1 Å². The van der Waals surface area contributed by atoms with Crippen LogP contribution in [0.4, 0.5) is 10.1 Å². The summed E-state index contributed by atoms with van der Waals surface area (Å²) >= 11 is 1.24. The highest BCUT2D eigenvalue weighted by Gasteiger charge is 2.21. The molecule has 0 saturated carbocycles. The molecule has 0 saturated heterocycles. The van der Waals surface area contributed by atoms with Crippen LogP contribution in [0.3, 0.4) is 0 Å². The van der Waals surface area contributed by atoms with Gasteiger partial charge in [-0.05, 0) is 37.1 Å². The van der Waals surface area contributed by atoms with Crippen molar-refractivity contribution in [3.05, 3.63) is 84.0 Å². The number of hydrogen-bond acceptors (Lipinski definition) is 5. The average Bonchev–Trinajstić information content (AvgIpc) is 3.21. The standard InChI is InChI=1S/C24H26FN5O2S/c1-4-14-30-22(16(3)26-23(32)18-11-7-8-12-19(18)25)28-29-24(30)33-15-21(31)27-20-13-9-6-10-17(20)5-2/h4,6-13,16H,1,5,14-15H2,2-3H3,(H,26,32)(H,27,31). The van der Waals surface area contributed by atoms with Gasteiger partial charge in [0, 0.05) is 12.2 Å². The van der Waals surface area contributed by atoms with Gasteiger partial charge in [0.15, 0.2) is 11.0 Å². The Hall–Kier alpha value is -3.46. The fraction of sp³-hybridized carbons (Fsp3) is 0.250. The van der Waals surface area contributed by atoms with E-state index in [1.54, 1.807) is 23.6 Å². The molecule has 0 fully saturated rings. The number of anilines is 1. The minimum Gasteiger partial charge on any atom is -0.342 e. The molecule has 0 radical (unpaired) electrons. The molecule has 3 rings (SSSR count). The van der Waals surface area contributed by atoms with E-state index in [9.17, 15) is 14.0 Å². The van der Waals surface area contributed by atoms with Crippen LogP contribution in [0.1, 0.15) is 41.6 Å². The fourth-order valence-electron chi connectivity index (χ4n) is 3.28. The van der Waals surface area contributed by atoms with Gasteiger partial charge in [-0.25, -0.2) is 4.39 Å². The van der Waals surface area contributed by atoms with E-state index in [0.29, 0.717) is 17.5 Å². The molecule has 33 heavy (non-hydrogen) atoms. The molecule has 0 spiro atoms. The zero-order valence-corrected chi connectivity index (χ0v) is 19.4. The van der Waals surface area contributed by atoms with Gasteiger partial charge in [-0.3, -0.25) is 9.59 Å². The highest BCUT2D eigenvalue weighted by molar-refractivity contribution is 7.99. The number of nitrogens with zero attached hydrogens (tertiary/aromatic N) is 3. The van der Waals surface area contributed by atoms with Gasteiger partial charge >= 0.3 is 0 Å². The molecule has 1 atom stereocenters. The fourth-order valence-corrected chi connectivity index (χ4v) is 4.03. The summed E-state index contributed by atoms with van der Waals surface area (Å²) < 4.78 is 15.7. The van der Waals surface area contributed by atoms with Gasteiger partial charge in [-0.15, -0.1) is 16.8 Å². The second-order valence-corrected chi connectivity index (χ2v) is 8.21. The number of nitrogens with one attached hydrogen (secondary N) is 2. The molecule has 0 aliphatic heterocycles. The zero-order chi connectivity index (χ0) is 23.8. The maximum atomic E-state index is 13.9. The number of aromatic nitrogens is 3. The lowest BCUT2D eigenvalue weighted by molar-refractivity contribution is -0.113. The normalized spacial score (nSPS) is 11.6. The molecule has 1 unspecified atom stereocenters. The van der Waals surface area contributed by atoms with Gasteiger partial charge in [0.1, 0.15) is 5.82 Å². The van der Waals surface area contributed by atoms with Crippen molar-refractivity contribution < 1.29 is 14.0 Å². The Balaban J connectivity index is 1.68. The molecule has 1 heterocycles. The Kier molecular flexibility index (Phi) is 8.37. The number of allylic oxidation sites excluding steroid dienone is 1. The van der Waals surface area contributed by atoms with Gasteiger partial charge in [-0.1, -0.05) is 55.1 Å². The molecule has 0 bridgehead atoms. The van der Waals surface area contributed by atoms with Crippen LogP contribution in [0.25, 0.3) is 0 Å². The molecule has 1 aromatic heterocycles. The SMILES string of the molecule is C=CCn1c(SCC(=O)Nc2ccccc2CC)nnc1C(C)NC(=O)c1ccccc1F. The quantitative estimate of drug-likeness (QED) is 0.341. The van der Waals surface area contributed by atoms with Crippen LogP contribution >= 0.6 is 11.8 Å². The Morgan fingerprint density at radius 2 is 1.91 bits per heavy atom. The number of para-hydroxylation sites is 1. The lowest BCUT2D eigenvalue weighted by atomic mass is 10.1. The first-order valence-corrected chi connectivity index (χ1v) is 11.5. The molecule has 7 nitrogen and oxygen atoms in total. The van der Waals surface area contributed by atoms with E-state index < -0.39 is 17.8 Å². The summed E-state index contributed by atoms with van der Waals surface area (Å²) in [5.74, 6) is -0.669. The van der Waals surface area contributed by atoms with Crippen molar-refractivity contribution in [3.8, 4) is 0 Å². The first kappa shape index (κ1) is 24.2. The number of aryl methyl sites for hydroxylation is 1. The maximum absolute atomic E-state index is 13.9. The van der Waals surface area contributed by atoms with E-state index >= 15 is 0 Å². The third-order valence-corrected chi connectivity index (χ3v) is 5.88. The number of hydrogen-bond donors (Lipinski definition) is 2. The van der Waals surface area contributed by atoms with Gasteiger partial charge in [0.05, 0.1) is 17.4 Å². The number of thioether (sulfide) groups is 1. The molecule has 9 heteroatoms. The number of carbonyl (C=O) groups is 2. The van der Waals surface area contributed by atoms with E-state index in [1.807, 2.05) is 31.2 Å². The topological polar surface area (TPSA) is 88.9 Å². The van der Waals surface area contributed by atoms with E-state index in [-0.39, 0.29) is 17.2 Å². The van der Waals surface area contributed by atoms with Crippen molar-refractivity contribution in [2.45, 2.75) is 38.0 Å². The summed E-state index contributed by atoms with van der Waals surface area (Å²) in [6, 6.07) is 12.9. The zero-order valence-electron chi connectivity index (χ0n) is 18.5. The van der Waals surface area contributed by atoms with Gasteiger partial charge < -0.3 is 15.2 Å². The van der Waals surface area contributed by atoms with Gasteiger partial charge in [-0.2, -0.15) is 0 Å². The average molecular weight is 468 g/mol. The van der Waals surface area contributed by atoms with Crippen LogP contribution < -0.4 is 10.6 Å². The Bertz CT molecular complexity index is 1150. The largest absolute Gasteiger partial charge is 0.342 e. The molecule has 172 valence electrons. The number of carbonyl (C=O) groups excluding carboxylic acids is 2. The number of halogens is 1. The van der Waals surface area contributed by atoms with Crippen LogP contribution in [-0.4, -0.2) is 32.3 Å². The van der Waals surface area contributed by atoms with Crippen molar-refractivity contribution >= 4 is 29.3 Å². The highest BCUT2D eigenvalue weighted by Crippen LogP contribution is 2.22. The summed E-state index contributed by atoms with van der Waals surface area (Å²) in [7, 11) is 0. The second kappa shape index (κ2) is 11.4. The van der Waals surface area contributed by atoms with Crippen LogP contribution in [0.5, 0.6) is 0 Å². The highest BCUT2D eigenvalue weighted by atomic mass is 32.2. The van der Waals surface area contributed by atoms with E-state index in [4.69, 9.17) is 0 Å². The summed E-state index contributed by atoms with van der Waals surface area (Å²) in [4.78, 5) is 25.0. The summed E-state index contributed by atoms with van der Waals surface area (Å²) in [5.41, 5.74) is 1.81. The maximum Gasteiger partial charge on any atom is 0.254 e. The lowest BCUT2D eigenvalue weighted by Gasteiger charge is -2.15. The number of benzene rings is 2. The van der Waals surface area contributed by atoms with Crippen LogP contribution in [0, 0.1) is 5.82 Å². The van der Waals surface area contributed by atoms with E-state index in [1.165, 1.54) is 30.0 Å². The van der Waals surface area contributed by atoms with Crippen LogP contribution in [0.2, 0.25) is 0 Å². The third-order valence-electron chi connectivity index (χ3n) is 4.92. The minimum atomic E-state index is -0.596. The second-order valence-electron chi connectivity index (χ2n) is 7.26. The lowest BCUT2D eigenvalue weighted by Crippen LogP contribution is -2.29. The monoisotopic (exact) mass is 467 g/mol. The van der Waals surface area contributed by atoms with E-state index in [0.717, 1.165) is 17.7 Å². The molecule has 0 aliphatic rings. The summed E-state index contributed by atoms with van der Waals surface area (Å²) in [6.45, 7) is 7.93. The Morgan fingerprint density at radius 1 is 1.18 bits per heavy atom. The van der Waals surface area contributed by atoms with E-state index in [2.05, 4.69) is 27.4 Å². The molecule has 2 N–H and O–H groups in total. The number of rotatable bonds is 10. The van der Waals surface area contributed by atoms with Crippen LogP contribution in [-0.2, 0) is 17.8 Å². The minimum absolute atomic E-state index is 0.0437. The van der Waals surface area contributed by atoms with Gasteiger partial charge in [0.25, 0.3) is 5.91 Å². The van der Waals surface area contributed by atoms with Crippen molar-refractivity contribution in [1.29, 1.82) is 0 Å². The third kappa shape index (κ3) is 6.07. The smallest absolute Gasteiger partial charge is 0.254 e.